The Hall–Kier alpha value is -0.930. The van der Waals surface area contributed by atoms with Crippen LogP contribution in [0.15, 0.2) is 18.2 Å². The Kier molecular flexibility index (Phi) is 2.52. The third kappa shape index (κ3) is 2.19. The average Bonchev–Trinajstić information content (AvgIpc) is 2.92. The molecule has 0 aromatic heterocycles. The average molecular weight is 228 g/mol. The van der Waals surface area contributed by atoms with E-state index in [-0.39, 0.29) is 17.2 Å². The zero-order chi connectivity index (χ0) is 11.1. The van der Waals surface area contributed by atoms with Crippen molar-refractivity contribution in [1.29, 1.82) is 0 Å². The molecule has 1 aliphatic rings. The zero-order valence-corrected chi connectivity index (χ0v) is 8.85. The van der Waals surface area contributed by atoms with E-state index in [1.54, 1.807) is 6.07 Å². The fraction of sp³-hybridized carbons (Fsp3) is 0.364. The first-order valence-corrected chi connectivity index (χ1v) is 5.15. The molecule has 0 heterocycles. The second kappa shape index (κ2) is 3.58. The number of rotatable bonds is 3. The number of nitrogens with two attached hydrogens (primary N) is 1. The van der Waals surface area contributed by atoms with Crippen molar-refractivity contribution in [3.8, 4) is 0 Å². The molecule has 0 unspecified atom stereocenters. The summed E-state index contributed by atoms with van der Waals surface area (Å²) >= 11 is 5.53. The highest BCUT2D eigenvalue weighted by Crippen LogP contribution is 2.34. The summed E-state index contributed by atoms with van der Waals surface area (Å²) in [6, 6.07) is 4.39. The number of carbonyl (C=O) groups excluding carboxylic acids is 1. The third-order valence-electron chi connectivity index (χ3n) is 2.69. The van der Waals surface area contributed by atoms with Gasteiger partial charge < -0.3 is 5.73 Å². The summed E-state index contributed by atoms with van der Waals surface area (Å²) in [6.07, 6.45) is 1.66. The summed E-state index contributed by atoms with van der Waals surface area (Å²) in [7, 11) is 0. The van der Waals surface area contributed by atoms with Gasteiger partial charge in [0.1, 0.15) is 5.82 Å². The summed E-state index contributed by atoms with van der Waals surface area (Å²) in [5.74, 6) is -0.520. The summed E-state index contributed by atoms with van der Waals surface area (Å²) in [4.78, 5) is 11.6. The van der Waals surface area contributed by atoms with Crippen LogP contribution in [0.5, 0.6) is 0 Å². The van der Waals surface area contributed by atoms with E-state index in [9.17, 15) is 9.18 Å². The first-order valence-electron chi connectivity index (χ1n) is 4.77. The Bertz CT molecular complexity index is 415. The van der Waals surface area contributed by atoms with Gasteiger partial charge >= 0.3 is 0 Å². The molecule has 0 radical (unpaired) electrons. The lowest BCUT2D eigenvalue weighted by molar-refractivity contribution is -0.120. The van der Waals surface area contributed by atoms with Crippen LogP contribution < -0.4 is 5.73 Å². The van der Waals surface area contributed by atoms with Gasteiger partial charge in [-0.3, -0.25) is 4.79 Å². The monoisotopic (exact) mass is 227 g/mol. The Balaban J connectivity index is 2.11. The smallest absolute Gasteiger partial charge is 0.156 e. The van der Waals surface area contributed by atoms with E-state index >= 15 is 0 Å². The molecule has 1 aromatic rings. The number of hydrogen-bond donors (Lipinski definition) is 1. The molecule has 2 nitrogen and oxygen atoms in total. The predicted molar refractivity (Wildman–Crippen MR) is 56.3 cm³/mol. The van der Waals surface area contributed by atoms with Crippen molar-refractivity contribution >= 4 is 17.4 Å². The Labute approximate surface area is 92.2 Å². The Morgan fingerprint density at radius 3 is 2.73 bits per heavy atom. The lowest BCUT2D eigenvalue weighted by atomic mass is 10.0. The summed E-state index contributed by atoms with van der Waals surface area (Å²) in [5, 5.41) is 0.0695. The van der Waals surface area contributed by atoms with E-state index in [2.05, 4.69) is 0 Å². The van der Waals surface area contributed by atoms with Crippen LogP contribution in [-0.2, 0) is 11.2 Å². The van der Waals surface area contributed by atoms with Gasteiger partial charge in [-0.05, 0) is 30.5 Å². The number of halogens is 2. The van der Waals surface area contributed by atoms with E-state index in [1.807, 2.05) is 0 Å². The van der Waals surface area contributed by atoms with Gasteiger partial charge in [-0.15, -0.1) is 0 Å². The van der Waals surface area contributed by atoms with Crippen LogP contribution in [0.2, 0.25) is 5.02 Å². The molecule has 0 aliphatic heterocycles. The first kappa shape index (κ1) is 10.6. The molecule has 0 bridgehead atoms. The summed E-state index contributed by atoms with van der Waals surface area (Å²) in [5.41, 5.74) is 5.72. The van der Waals surface area contributed by atoms with Crippen molar-refractivity contribution < 1.29 is 9.18 Å². The molecule has 2 N–H and O–H groups in total. The molecule has 0 amide bonds. The van der Waals surface area contributed by atoms with E-state index in [0.717, 1.165) is 12.8 Å². The second-order valence-corrected chi connectivity index (χ2v) is 4.41. The maximum Gasteiger partial charge on any atom is 0.156 e. The highest BCUT2D eigenvalue weighted by Gasteiger charge is 2.44. The largest absolute Gasteiger partial charge is 0.319 e. The van der Waals surface area contributed by atoms with Gasteiger partial charge in [-0.2, -0.15) is 0 Å². The molecule has 1 aliphatic carbocycles. The molecule has 15 heavy (non-hydrogen) atoms. The van der Waals surface area contributed by atoms with Crippen molar-refractivity contribution in [1.82, 2.24) is 0 Å². The van der Waals surface area contributed by atoms with Crippen LogP contribution in [0.3, 0.4) is 0 Å². The van der Waals surface area contributed by atoms with Crippen LogP contribution in [0.25, 0.3) is 0 Å². The van der Waals surface area contributed by atoms with E-state index in [0.29, 0.717) is 5.56 Å². The number of Topliss-reactive ketones (excluding diaryl/α,β-unsaturated/α-hetero) is 1. The quantitative estimate of drug-likeness (QED) is 0.859. The van der Waals surface area contributed by atoms with Gasteiger partial charge in [-0.25, -0.2) is 4.39 Å². The van der Waals surface area contributed by atoms with Crippen molar-refractivity contribution in [2.75, 3.05) is 0 Å². The molecule has 2 rings (SSSR count). The zero-order valence-electron chi connectivity index (χ0n) is 8.09. The topological polar surface area (TPSA) is 43.1 Å². The molecule has 0 saturated heterocycles. The molecule has 0 spiro atoms. The van der Waals surface area contributed by atoms with Gasteiger partial charge in [0.2, 0.25) is 0 Å². The maximum absolute atomic E-state index is 13.1. The van der Waals surface area contributed by atoms with E-state index in [1.165, 1.54) is 12.1 Å². The van der Waals surface area contributed by atoms with E-state index < -0.39 is 11.4 Å². The standard InChI is InChI=1S/C11H11ClFNO/c12-8-2-1-7(5-9(8)13)6-10(15)11(14)3-4-11/h1-2,5H,3-4,6,14H2. The molecular weight excluding hydrogens is 217 g/mol. The fourth-order valence-electron chi connectivity index (χ4n) is 1.42. The molecule has 1 aromatic carbocycles. The lowest BCUT2D eigenvalue weighted by Crippen LogP contribution is -2.34. The van der Waals surface area contributed by atoms with Crippen LogP contribution in [0, 0.1) is 5.82 Å². The highest BCUT2D eigenvalue weighted by molar-refractivity contribution is 6.30. The van der Waals surface area contributed by atoms with Gasteiger partial charge in [0.15, 0.2) is 5.78 Å². The second-order valence-electron chi connectivity index (χ2n) is 4.00. The number of hydrogen-bond acceptors (Lipinski definition) is 2. The van der Waals surface area contributed by atoms with Crippen molar-refractivity contribution in [3.63, 3.8) is 0 Å². The molecule has 1 fully saturated rings. The van der Waals surface area contributed by atoms with Crippen LogP contribution in [-0.4, -0.2) is 11.3 Å². The fourth-order valence-corrected chi connectivity index (χ4v) is 1.54. The third-order valence-corrected chi connectivity index (χ3v) is 3.00. The number of ketones is 1. The minimum atomic E-state index is -0.643. The Morgan fingerprint density at radius 2 is 2.20 bits per heavy atom. The molecule has 0 atom stereocenters. The molecule has 80 valence electrons. The van der Waals surface area contributed by atoms with Crippen LogP contribution >= 0.6 is 11.6 Å². The van der Waals surface area contributed by atoms with Gasteiger partial charge in [0.25, 0.3) is 0 Å². The number of carbonyl (C=O) groups is 1. The van der Waals surface area contributed by atoms with Gasteiger partial charge in [-0.1, -0.05) is 17.7 Å². The first-order chi connectivity index (χ1) is 7.01. The van der Waals surface area contributed by atoms with Gasteiger partial charge in [0, 0.05) is 6.42 Å². The minimum absolute atomic E-state index is 0.0239. The summed E-state index contributed by atoms with van der Waals surface area (Å²) < 4.78 is 13.1. The minimum Gasteiger partial charge on any atom is -0.319 e. The highest BCUT2D eigenvalue weighted by atomic mass is 35.5. The van der Waals surface area contributed by atoms with Crippen molar-refractivity contribution in [2.24, 2.45) is 5.73 Å². The predicted octanol–water partition coefficient (Wildman–Crippen LogP) is 2.08. The Morgan fingerprint density at radius 1 is 1.53 bits per heavy atom. The van der Waals surface area contributed by atoms with Crippen molar-refractivity contribution in [2.45, 2.75) is 24.8 Å². The van der Waals surface area contributed by atoms with E-state index in [4.69, 9.17) is 17.3 Å². The number of benzene rings is 1. The van der Waals surface area contributed by atoms with Crippen LogP contribution in [0.4, 0.5) is 4.39 Å². The maximum atomic E-state index is 13.1. The summed E-state index contributed by atoms with van der Waals surface area (Å²) in [6.45, 7) is 0. The lowest BCUT2D eigenvalue weighted by Gasteiger charge is -2.07. The van der Waals surface area contributed by atoms with Crippen molar-refractivity contribution in [3.05, 3.63) is 34.6 Å². The molecule has 4 heteroatoms. The van der Waals surface area contributed by atoms with Gasteiger partial charge in [0.05, 0.1) is 10.6 Å². The molecule has 1 saturated carbocycles. The molecular formula is C11H11ClFNO. The normalized spacial score (nSPS) is 17.5. The van der Waals surface area contributed by atoms with Crippen LogP contribution in [0.1, 0.15) is 18.4 Å². The SMILES string of the molecule is NC1(C(=O)Cc2ccc(Cl)c(F)c2)CC1.